The highest BCUT2D eigenvalue weighted by molar-refractivity contribution is 5.68. The maximum absolute atomic E-state index is 11.9. The molecule has 1 amide bonds. The molecule has 1 N–H and O–H groups in total. The van der Waals surface area contributed by atoms with E-state index in [1.165, 1.54) is 0 Å². The van der Waals surface area contributed by atoms with Gasteiger partial charge in [0.1, 0.15) is 5.60 Å². The van der Waals surface area contributed by atoms with Gasteiger partial charge in [-0.3, -0.25) is 0 Å². The molecular formula is C14H28N2O2. The summed E-state index contributed by atoms with van der Waals surface area (Å²) in [6.45, 7) is 14.8. The second-order valence-corrected chi connectivity index (χ2v) is 7.21. The van der Waals surface area contributed by atoms with Gasteiger partial charge in [0.2, 0.25) is 0 Å². The molecule has 0 spiro atoms. The fourth-order valence-electron chi connectivity index (χ4n) is 1.94. The molecule has 1 aliphatic rings. The number of hydrogen-bond donors (Lipinski definition) is 1. The molecule has 1 aliphatic heterocycles. The zero-order chi connectivity index (χ0) is 14.0. The van der Waals surface area contributed by atoms with Gasteiger partial charge in [0.15, 0.2) is 0 Å². The van der Waals surface area contributed by atoms with Crippen molar-refractivity contribution < 1.29 is 9.53 Å². The maximum Gasteiger partial charge on any atom is 0.410 e. The van der Waals surface area contributed by atoms with Crippen LogP contribution in [0.15, 0.2) is 0 Å². The van der Waals surface area contributed by atoms with Crippen molar-refractivity contribution in [3.05, 3.63) is 0 Å². The zero-order valence-electron chi connectivity index (χ0n) is 12.7. The number of rotatable bonds is 2. The Bertz CT molecular complexity index is 289. The maximum atomic E-state index is 11.9. The Kier molecular flexibility index (Phi) is 4.65. The molecule has 4 nitrogen and oxygen atoms in total. The quantitative estimate of drug-likeness (QED) is 0.826. The number of hydrogen-bond acceptors (Lipinski definition) is 3. The van der Waals surface area contributed by atoms with E-state index in [9.17, 15) is 4.79 Å². The number of nitrogens with zero attached hydrogens (tertiary/aromatic N) is 1. The molecule has 0 saturated carbocycles. The van der Waals surface area contributed by atoms with Gasteiger partial charge in [0.25, 0.3) is 0 Å². The molecule has 1 saturated heterocycles. The molecule has 0 bridgehead atoms. The summed E-state index contributed by atoms with van der Waals surface area (Å²) in [5.41, 5.74) is -0.266. The van der Waals surface area contributed by atoms with E-state index < -0.39 is 5.60 Å². The van der Waals surface area contributed by atoms with E-state index in [0.29, 0.717) is 5.92 Å². The fraction of sp³-hybridized carbons (Fsp3) is 0.929. The molecule has 0 aromatic carbocycles. The monoisotopic (exact) mass is 256 g/mol. The second kappa shape index (κ2) is 5.47. The molecule has 18 heavy (non-hydrogen) atoms. The van der Waals surface area contributed by atoms with Crippen molar-refractivity contribution in [2.24, 2.45) is 5.92 Å². The van der Waals surface area contributed by atoms with Crippen LogP contribution < -0.4 is 5.32 Å². The first-order valence-electron chi connectivity index (χ1n) is 6.80. The normalized spacial score (nSPS) is 21.2. The van der Waals surface area contributed by atoms with E-state index in [0.717, 1.165) is 26.1 Å². The first-order valence-corrected chi connectivity index (χ1v) is 6.80. The van der Waals surface area contributed by atoms with Crippen LogP contribution in [0.25, 0.3) is 0 Å². The van der Waals surface area contributed by atoms with Crippen molar-refractivity contribution in [3.8, 4) is 0 Å². The predicted octanol–water partition coefficient (Wildman–Crippen LogP) is 2.63. The fourth-order valence-corrected chi connectivity index (χ4v) is 1.94. The third-order valence-electron chi connectivity index (χ3n) is 2.86. The van der Waals surface area contributed by atoms with Crippen molar-refractivity contribution >= 4 is 6.09 Å². The van der Waals surface area contributed by atoms with Gasteiger partial charge in [-0.25, -0.2) is 4.79 Å². The van der Waals surface area contributed by atoms with Crippen LogP contribution in [0.4, 0.5) is 4.79 Å². The van der Waals surface area contributed by atoms with Crippen molar-refractivity contribution in [1.82, 2.24) is 10.2 Å². The van der Waals surface area contributed by atoms with E-state index in [4.69, 9.17) is 4.74 Å². The van der Waals surface area contributed by atoms with Crippen molar-refractivity contribution in [2.75, 3.05) is 19.6 Å². The lowest BCUT2D eigenvalue weighted by molar-refractivity contribution is 0.0288. The average Bonchev–Trinajstić information content (AvgIpc) is 2.58. The predicted molar refractivity (Wildman–Crippen MR) is 73.7 cm³/mol. The lowest BCUT2D eigenvalue weighted by atomic mass is 10.1. The van der Waals surface area contributed by atoms with E-state index in [2.05, 4.69) is 26.1 Å². The summed E-state index contributed by atoms with van der Waals surface area (Å²) in [6, 6.07) is 0. The summed E-state index contributed by atoms with van der Waals surface area (Å²) in [7, 11) is 0. The molecule has 4 heteroatoms. The van der Waals surface area contributed by atoms with Crippen LogP contribution in [0.2, 0.25) is 0 Å². The van der Waals surface area contributed by atoms with Gasteiger partial charge in [0, 0.05) is 25.2 Å². The first-order chi connectivity index (χ1) is 8.07. The van der Waals surface area contributed by atoms with Gasteiger partial charge < -0.3 is 15.0 Å². The van der Waals surface area contributed by atoms with Gasteiger partial charge in [-0.2, -0.15) is 0 Å². The number of nitrogens with one attached hydrogen (secondary N) is 1. The number of amides is 1. The minimum Gasteiger partial charge on any atom is -0.444 e. The molecule has 0 aromatic heterocycles. The number of ether oxygens (including phenoxy) is 1. The SMILES string of the molecule is CC(C)(C)NC[C@H]1CCN(C(=O)OC(C)(C)C)C1. The molecule has 1 heterocycles. The third kappa shape index (κ3) is 5.71. The molecule has 106 valence electrons. The second-order valence-electron chi connectivity index (χ2n) is 7.21. The van der Waals surface area contributed by atoms with Gasteiger partial charge >= 0.3 is 6.09 Å². The Morgan fingerprint density at radius 1 is 1.28 bits per heavy atom. The van der Waals surface area contributed by atoms with Gasteiger partial charge in [-0.1, -0.05) is 0 Å². The van der Waals surface area contributed by atoms with Gasteiger partial charge in [-0.05, 0) is 53.9 Å². The Morgan fingerprint density at radius 3 is 2.39 bits per heavy atom. The number of carbonyl (C=O) groups excluding carboxylic acids is 1. The number of likely N-dealkylation sites (tertiary alicyclic amines) is 1. The number of carbonyl (C=O) groups is 1. The highest BCUT2D eigenvalue weighted by Crippen LogP contribution is 2.19. The summed E-state index contributed by atoms with van der Waals surface area (Å²) in [5.74, 6) is 0.539. The minimum atomic E-state index is -0.404. The largest absolute Gasteiger partial charge is 0.444 e. The lowest BCUT2D eigenvalue weighted by Gasteiger charge is -2.25. The Hall–Kier alpha value is -0.770. The molecular weight excluding hydrogens is 228 g/mol. The van der Waals surface area contributed by atoms with E-state index in [-0.39, 0.29) is 11.6 Å². The van der Waals surface area contributed by atoms with Crippen LogP contribution in [-0.2, 0) is 4.74 Å². The summed E-state index contributed by atoms with van der Waals surface area (Å²) >= 11 is 0. The van der Waals surface area contributed by atoms with Crippen LogP contribution >= 0.6 is 0 Å². The van der Waals surface area contributed by atoms with E-state index >= 15 is 0 Å². The summed E-state index contributed by atoms with van der Waals surface area (Å²) in [5, 5.41) is 3.49. The first kappa shape index (κ1) is 15.3. The van der Waals surface area contributed by atoms with Crippen LogP contribution in [0.3, 0.4) is 0 Å². The van der Waals surface area contributed by atoms with Crippen molar-refractivity contribution in [2.45, 2.75) is 59.1 Å². The van der Waals surface area contributed by atoms with Crippen molar-refractivity contribution in [1.29, 1.82) is 0 Å². The lowest BCUT2D eigenvalue weighted by Crippen LogP contribution is -2.40. The highest BCUT2D eigenvalue weighted by atomic mass is 16.6. The topological polar surface area (TPSA) is 41.6 Å². The third-order valence-corrected chi connectivity index (χ3v) is 2.86. The van der Waals surface area contributed by atoms with Crippen LogP contribution in [0.5, 0.6) is 0 Å². The molecule has 0 radical (unpaired) electrons. The van der Waals surface area contributed by atoms with Crippen LogP contribution in [-0.4, -0.2) is 41.8 Å². The van der Waals surface area contributed by atoms with Crippen LogP contribution in [0.1, 0.15) is 48.0 Å². The summed E-state index contributed by atoms with van der Waals surface area (Å²) in [4.78, 5) is 13.7. The minimum absolute atomic E-state index is 0.138. The summed E-state index contributed by atoms with van der Waals surface area (Å²) < 4.78 is 5.38. The molecule has 1 fully saturated rings. The Morgan fingerprint density at radius 2 is 1.89 bits per heavy atom. The zero-order valence-corrected chi connectivity index (χ0v) is 12.7. The Balaban J connectivity index is 2.35. The van der Waals surface area contributed by atoms with Gasteiger partial charge in [0.05, 0.1) is 0 Å². The molecule has 1 rings (SSSR count). The molecule has 0 unspecified atom stereocenters. The standard InChI is InChI=1S/C14H28N2O2/c1-13(2,3)15-9-11-7-8-16(10-11)12(17)18-14(4,5)6/h11,15H,7-10H2,1-6H3/t11-/m1/s1. The van der Waals surface area contributed by atoms with E-state index in [1.807, 2.05) is 25.7 Å². The Labute approximate surface area is 111 Å². The molecule has 1 atom stereocenters. The average molecular weight is 256 g/mol. The smallest absolute Gasteiger partial charge is 0.410 e. The van der Waals surface area contributed by atoms with Gasteiger partial charge in [-0.15, -0.1) is 0 Å². The van der Waals surface area contributed by atoms with Crippen LogP contribution in [0, 0.1) is 5.92 Å². The van der Waals surface area contributed by atoms with Crippen molar-refractivity contribution in [3.63, 3.8) is 0 Å². The van der Waals surface area contributed by atoms with E-state index in [1.54, 1.807) is 0 Å². The summed E-state index contributed by atoms with van der Waals surface area (Å²) in [6.07, 6.45) is 0.878. The molecule has 0 aromatic rings. The molecule has 0 aliphatic carbocycles. The highest BCUT2D eigenvalue weighted by Gasteiger charge is 2.30.